The maximum Gasteiger partial charge on any atom is 0.416 e. The Morgan fingerprint density at radius 2 is 1.56 bits per heavy atom. The average molecular weight is 1110 g/mol. The number of ether oxygens (including phenoxy) is 1. The molecule has 23 heteroatoms. The number of piperidine rings is 3. The van der Waals surface area contributed by atoms with E-state index in [1.54, 1.807) is 47.5 Å². The first-order valence-electron chi connectivity index (χ1n) is 27.9. The minimum absolute atomic E-state index is 0.0237. The Kier molecular flexibility index (Phi) is 15.7. The molecule has 0 spiro atoms. The lowest BCUT2D eigenvalue weighted by Crippen LogP contribution is -2.54. The number of hydrogen-bond acceptors (Lipinski definition) is 14. The Balaban J connectivity index is 0.688. The van der Waals surface area contributed by atoms with Crippen LogP contribution in [0.15, 0.2) is 73.1 Å². The van der Waals surface area contributed by atoms with Crippen LogP contribution in [0.5, 0.6) is 0 Å². The molecule has 6 aliphatic rings. The van der Waals surface area contributed by atoms with E-state index in [-0.39, 0.29) is 90.2 Å². The standard InChI is InChI=1S/C58H63F3N12O8/c59-58(60,61)37-15-22-63-46(30-37)66-54(77)35-9-7-34(8-10-35)51-50-52-36(33-64-53(50)62)4-1-2-23-71(29-20-48(75)65-38-5-3-6-40(31-38)73(52)68-51)49(76)21-26-69-24-16-41(17-25-69)81-42-18-27-70(28-19-42)39-11-12-43-44(32-39)57(80)72(56(43)79)45-13-14-47(74)67-55(45)78/h1,4,7-12,15,22,30,32-33,38,40-42,45H,2-3,5-6,13-14,16-21,23-29,31H2,(H2,62,64)(H,65,75)(H,63,66,77)(H,67,74,78)/b4-1+/t38-,40-,45?/m1/s1. The third kappa shape index (κ3) is 11.9. The summed E-state index contributed by atoms with van der Waals surface area (Å²) in [4.78, 5) is 107. The Hall–Kier alpha value is -8.05. The van der Waals surface area contributed by atoms with Crippen molar-refractivity contribution in [1.29, 1.82) is 0 Å². The number of likely N-dealkylation sites (tertiary alicyclic amines) is 1. The van der Waals surface area contributed by atoms with E-state index >= 15 is 0 Å². The molecular weight excluding hydrogens is 1050 g/mol. The summed E-state index contributed by atoms with van der Waals surface area (Å²) < 4.78 is 48.6. The molecule has 0 radical (unpaired) electrons. The average Bonchev–Trinajstić information content (AvgIpc) is 3.68. The molecule has 7 amide bonds. The first-order chi connectivity index (χ1) is 39.0. The topological polar surface area (TPSA) is 247 Å². The molecule has 8 heterocycles. The molecule has 5 N–H and O–H groups in total. The molecule has 1 saturated carbocycles. The summed E-state index contributed by atoms with van der Waals surface area (Å²) in [5.41, 5.74) is 9.95. The summed E-state index contributed by atoms with van der Waals surface area (Å²) in [5.74, 6) is -2.88. The van der Waals surface area contributed by atoms with Gasteiger partial charge in [0.05, 0.1) is 45.8 Å². The zero-order valence-corrected chi connectivity index (χ0v) is 44.6. The van der Waals surface area contributed by atoms with Gasteiger partial charge in [0.1, 0.15) is 23.4 Å². The van der Waals surface area contributed by atoms with Crippen LogP contribution in [0.3, 0.4) is 0 Å². The van der Waals surface area contributed by atoms with Crippen molar-refractivity contribution in [3.8, 4) is 11.3 Å². The van der Waals surface area contributed by atoms with E-state index in [9.17, 15) is 46.7 Å². The van der Waals surface area contributed by atoms with Crippen molar-refractivity contribution in [1.82, 2.24) is 45.1 Å². The van der Waals surface area contributed by atoms with Crippen LogP contribution in [-0.4, -0.2) is 146 Å². The van der Waals surface area contributed by atoms with E-state index in [1.165, 1.54) is 0 Å². The van der Waals surface area contributed by atoms with Crippen molar-refractivity contribution in [2.45, 2.75) is 120 Å². The van der Waals surface area contributed by atoms with Gasteiger partial charge in [-0.1, -0.05) is 24.3 Å². The van der Waals surface area contributed by atoms with E-state index < -0.39 is 47.3 Å². The van der Waals surface area contributed by atoms with Gasteiger partial charge in [-0.25, -0.2) is 9.97 Å². The van der Waals surface area contributed by atoms with E-state index in [1.807, 2.05) is 22.9 Å². The molecule has 4 fully saturated rings. The van der Waals surface area contributed by atoms with Crippen molar-refractivity contribution in [2.24, 2.45) is 0 Å². The van der Waals surface area contributed by atoms with Gasteiger partial charge in [-0.3, -0.25) is 48.5 Å². The number of nitrogen functional groups attached to an aromatic ring is 1. The highest BCUT2D eigenvalue weighted by Gasteiger charge is 2.45. The summed E-state index contributed by atoms with van der Waals surface area (Å²) in [7, 11) is 0. The summed E-state index contributed by atoms with van der Waals surface area (Å²) in [6, 6.07) is 12.1. The number of nitrogens with two attached hydrogens (primary N) is 1. The lowest BCUT2D eigenvalue weighted by Gasteiger charge is -2.38. The summed E-state index contributed by atoms with van der Waals surface area (Å²) >= 11 is 0. The molecule has 424 valence electrons. The zero-order chi connectivity index (χ0) is 56.5. The van der Waals surface area contributed by atoms with Crippen LogP contribution >= 0.6 is 0 Å². The van der Waals surface area contributed by atoms with Crippen LogP contribution in [0, 0.1) is 0 Å². The minimum Gasteiger partial charge on any atom is -0.383 e. The second kappa shape index (κ2) is 23.2. The van der Waals surface area contributed by atoms with Crippen LogP contribution in [0.1, 0.15) is 132 Å². The predicted molar refractivity (Wildman–Crippen MR) is 292 cm³/mol. The number of nitrogens with one attached hydrogen (secondary N) is 3. The number of halogens is 3. The first-order valence-corrected chi connectivity index (χ1v) is 27.9. The van der Waals surface area contributed by atoms with Crippen molar-refractivity contribution >= 4 is 75.7 Å². The smallest absolute Gasteiger partial charge is 0.383 e. The number of rotatable bonds is 10. The fourth-order valence-electron chi connectivity index (χ4n) is 12.2. The number of alkyl halides is 3. The maximum absolute atomic E-state index is 14.0. The van der Waals surface area contributed by atoms with Gasteiger partial charge < -0.3 is 35.8 Å². The molecule has 81 heavy (non-hydrogen) atoms. The third-order valence-corrected chi connectivity index (χ3v) is 16.5. The van der Waals surface area contributed by atoms with Gasteiger partial charge in [-0.05, 0) is 107 Å². The monoisotopic (exact) mass is 1110 g/mol. The van der Waals surface area contributed by atoms with E-state index in [4.69, 9.17) is 15.6 Å². The SMILES string of the molecule is Nc1ncc2c3c1c(-c1ccc(C(=O)Nc4cc(C(F)(F)F)ccn4)cc1)nn3[C@@H]1CCC[C@H](C1)NC(=O)CCN(C(=O)CCN1CCC(OC3CCN(c4ccc5c(c4)C(=O)N(C4CCC(=O)NC4=O)C5=O)CC3)CC1)CC/C=C/2. The van der Waals surface area contributed by atoms with Gasteiger partial charge in [0, 0.05) is 106 Å². The van der Waals surface area contributed by atoms with Crippen molar-refractivity contribution in [3.05, 3.63) is 101 Å². The molecule has 2 aromatic carbocycles. The molecule has 3 aromatic heterocycles. The van der Waals surface area contributed by atoms with Gasteiger partial charge in [-0.2, -0.15) is 18.3 Å². The van der Waals surface area contributed by atoms with E-state index in [0.29, 0.717) is 62.1 Å². The number of amides is 7. The second-order valence-electron chi connectivity index (χ2n) is 21.8. The van der Waals surface area contributed by atoms with E-state index in [2.05, 4.69) is 35.7 Å². The molecule has 3 saturated heterocycles. The predicted octanol–water partition coefficient (Wildman–Crippen LogP) is 6.52. The Morgan fingerprint density at radius 3 is 2.31 bits per heavy atom. The molecule has 1 unspecified atom stereocenters. The molecule has 2 bridgehead atoms. The highest BCUT2D eigenvalue weighted by molar-refractivity contribution is 6.23. The van der Waals surface area contributed by atoms with Crippen LogP contribution in [0.2, 0.25) is 0 Å². The largest absolute Gasteiger partial charge is 0.416 e. The van der Waals surface area contributed by atoms with Crippen LogP contribution in [-0.2, 0) is 30.1 Å². The molecule has 1 aliphatic carbocycles. The van der Waals surface area contributed by atoms with Crippen LogP contribution in [0.4, 0.5) is 30.5 Å². The maximum atomic E-state index is 14.0. The number of nitrogens with zero attached hydrogens (tertiary/aromatic N) is 8. The normalized spacial score (nSPS) is 22.2. The van der Waals surface area contributed by atoms with Crippen LogP contribution < -0.4 is 26.6 Å². The Labute approximate surface area is 464 Å². The molecule has 3 atom stereocenters. The number of imide groups is 2. The quantitative estimate of drug-likeness (QED) is 0.109. The third-order valence-electron chi connectivity index (χ3n) is 16.5. The number of pyridine rings is 2. The van der Waals surface area contributed by atoms with Gasteiger partial charge >= 0.3 is 6.18 Å². The van der Waals surface area contributed by atoms with E-state index in [0.717, 1.165) is 98.0 Å². The highest BCUT2D eigenvalue weighted by Crippen LogP contribution is 2.40. The molecular formula is C58H63F3N12O8. The number of aromatic nitrogens is 4. The fourth-order valence-corrected chi connectivity index (χ4v) is 12.2. The van der Waals surface area contributed by atoms with Gasteiger partial charge in [-0.15, -0.1) is 0 Å². The zero-order valence-electron chi connectivity index (χ0n) is 44.6. The van der Waals surface area contributed by atoms with Crippen molar-refractivity contribution < 1.29 is 51.5 Å². The van der Waals surface area contributed by atoms with Gasteiger partial charge in [0.15, 0.2) is 0 Å². The van der Waals surface area contributed by atoms with Gasteiger partial charge in [0.25, 0.3) is 17.7 Å². The molecule has 11 rings (SSSR count). The lowest BCUT2D eigenvalue weighted by molar-refractivity contribution is -0.138. The minimum atomic E-state index is -4.60. The summed E-state index contributed by atoms with van der Waals surface area (Å²) in [6.07, 6.45) is 9.64. The Bertz CT molecular complexity index is 3310. The molecule has 20 nitrogen and oxygen atoms in total. The Morgan fingerprint density at radius 1 is 0.802 bits per heavy atom. The summed E-state index contributed by atoms with van der Waals surface area (Å²) in [5, 5.41) is 13.7. The molecule has 5 aliphatic heterocycles. The molecule has 5 aromatic rings. The first kappa shape index (κ1) is 54.9. The van der Waals surface area contributed by atoms with Crippen molar-refractivity contribution in [3.63, 3.8) is 0 Å². The highest BCUT2D eigenvalue weighted by atomic mass is 19.4. The van der Waals surface area contributed by atoms with Crippen LogP contribution in [0.25, 0.3) is 28.2 Å². The van der Waals surface area contributed by atoms with Crippen molar-refractivity contribution in [2.75, 3.05) is 61.8 Å². The van der Waals surface area contributed by atoms with Gasteiger partial charge in [0.2, 0.25) is 23.6 Å². The number of fused-ring (bicyclic) bond motifs is 4. The number of anilines is 3. The lowest BCUT2D eigenvalue weighted by atomic mass is 9.90. The number of carbonyl (C=O) groups excluding carboxylic acids is 7. The summed E-state index contributed by atoms with van der Waals surface area (Å²) in [6.45, 7) is 4.26. The number of benzene rings is 2. The number of carbonyl (C=O) groups is 7. The second-order valence-corrected chi connectivity index (χ2v) is 21.8. The number of hydrogen-bond donors (Lipinski definition) is 4. The fraction of sp³-hybridized carbons (Fsp3) is 0.448.